The Kier molecular flexibility index (Phi) is 5.03. The summed E-state index contributed by atoms with van der Waals surface area (Å²) in [4.78, 5) is 11.2. The number of aliphatic carboxylic acids is 1. The minimum Gasteiger partial charge on any atom is -0.481 e. The van der Waals surface area contributed by atoms with Gasteiger partial charge in [-0.1, -0.05) is 50.6 Å². The topological polar surface area (TPSA) is 37.3 Å². The zero-order valence-corrected chi connectivity index (χ0v) is 10.0. The first-order valence-corrected chi connectivity index (χ1v) is 5.98. The lowest BCUT2D eigenvalue weighted by molar-refractivity contribution is -0.142. The third-order valence-corrected chi connectivity index (χ3v) is 3.07. The average molecular weight is 220 g/mol. The molecule has 0 saturated heterocycles. The zero-order chi connectivity index (χ0) is 12.0. The second-order valence-corrected chi connectivity index (χ2v) is 4.16. The van der Waals surface area contributed by atoms with E-state index in [0.29, 0.717) is 6.42 Å². The van der Waals surface area contributed by atoms with Crippen molar-refractivity contribution in [1.29, 1.82) is 0 Å². The van der Waals surface area contributed by atoms with E-state index in [9.17, 15) is 9.90 Å². The predicted octanol–water partition coefficient (Wildman–Crippen LogP) is 3.68. The lowest BCUT2D eigenvalue weighted by Gasteiger charge is -2.23. The standard InChI is InChI=1S/C14H20O2/c1-3-8-13(12(4-2)14(15)16)11-9-6-5-7-10-11/h5-7,9-10,12-13H,3-4,8H2,1-2H3,(H,15,16). The molecule has 0 amide bonds. The van der Waals surface area contributed by atoms with Crippen LogP contribution in [0.5, 0.6) is 0 Å². The molecule has 1 N–H and O–H groups in total. The van der Waals surface area contributed by atoms with Gasteiger partial charge in [0.2, 0.25) is 0 Å². The molecule has 1 aromatic rings. The fourth-order valence-corrected chi connectivity index (χ4v) is 2.24. The SMILES string of the molecule is CCCC(c1ccccc1)C(CC)C(=O)O. The number of rotatable bonds is 6. The molecular formula is C14H20O2. The van der Waals surface area contributed by atoms with Crippen LogP contribution in [0.1, 0.15) is 44.6 Å². The predicted molar refractivity (Wildman–Crippen MR) is 65.5 cm³/mol. The summed E-state index contributed by atoms with van der Waals surface area (Å²) in [5.74, 6) is -0.791. The number of carboxylic acid groups (broad SMARTS) is 1. The largest absolute Gasteiger partial charge is 0.481 e. The molecule has 16 heavy (non-hydrogen) atoms. The number of hydrogen-bond donors (Lipinski definition) is 1. The minimum absolute atomic E-state index is 0.147. The Morgan fingerprint density at radius 2 is 1.88 bits per heavy atom. The number of carboxylic acids is 1. The normalized spacial score (nSPS) is 14.4. The Balaban J connectivity index is 2.94. The van der Waals surface area contributed by atoms with Crippen molar-refractivity contribution in [2.24, 2.45) is 5.92 Å². The molecule has 88 valence electrons. The third-order valence-electron chi connectivity index (χ3n) is 3.07. The van der Waals surface area contributed by atoms with Crippen molar-refractivity contribution < 1.29 is 9.90 Å². The van der Waals surface area contributed by atoms with Crippen molar-refractivity contribution in [2.75, 3.05) is 0 Å². The van der Waals surface area contributed by atoms with E-state index in [1.165, 1.54) is 0 Å². The Bertz CT molecular complexity index is 319. The van der Waals surface area contributed by atoms with Gasteiger partial charge in [-0.15, -0.1) is 0 Å². The van der Waals surface area contributed by atoms with Crippen LogP contribution in [0.15, 0.2) is 30.3 Å². The summed E-state index contributed by atoms with van der Waals surface area (Å²) in [5.41, 5.74) is 1.15. The molecule has 2 heteroatoms. The highest BCUT2D eigenvalue weighted by Crippen LogP contribution is 2.31. The molecule has 0 heterocycles. The van der Waals surface area contributed by atoms with Gasteiger partial charge < -0.3 is 5.11 Å². The first-order valence-electron chi connectivity index (χ1n) is 5.98. The molecule has 0 spiro atoms. The van der Waals surface area contributed by atoms with Gasteiger partial charge in [-0.3, -0.25) is 4.79 Å². The van der Waals surface area contributed by atoms with E-state index >= 15 is 0 Å². The molecular weight excluding hydrogens is 200 g/mol. The number of benzene rings is 1. The average Bonchev–Trinajstić information content (AvgIpc) is 2.29. The van der Waals surface area contributed by atoms with Gasteiger partial charge in [0.05, 0.1) is 5.92 Å². The maximum Gasteiger partial charge on any atom is 0.307 e. The van der Waals surface area contributed by atoms with Crippen molar-refractivity contribution >= 4 is 5.97 Å². The quantitative estimate of drug-likeness (QED) is 0.794. The van der Waals surface area contributed by atoms with Crippen molar-refractivity contribution in [3.05, 3.63) is 35.9 Å². The Morgan fingerprint density at radius 1 is 1.25 bits per heavy atom. The van der Waals surface area contributed by atoms with Crippen LogP contribution in [0.25, 0.3) is 0 Å². The molecule has 0 bridgehead atoms. The van der Waals surface area contributed by atoms with E-state index in [1.54, 1.807) is 0 Å². The Labute approximate surface area is 97.3 Å². The van der Waals surface area contributed by atoms with Crippen LogP contribution in [0.2, 0.25) is 0 Å². The molecule has 0 saturated carbocycles. The molecule has 0 aliphatic heterocycles. The highest BCUT2D eigenvalue weighted by molar-refractivity contribution is 5.71. The minimum atomic E-state index is -0.676. The first kappa shape index (κ1) is 12.8. The van der Waals surface area contributed by atoms with Gasteiger partial charge in [-0.05, 0) is 24.3 Å². The fourth-order valence-electron chi connectivity index (χ4n) is 2.24. The Morgan fingerprint density at radius 3 is 2.31 bits per heavy atom. The van der Waals surface area contributed by atoms with E-state index in [0.717, 1.165) is 18.4 Å². The molecule has 0 radical (unpaired) electrons. The fraction of sp³-hybridized carbons (Fsp3) is 0.500. The van der Waals surface area contributed by atoms with E-state index in [1.807, 2.05) is 37.3 Å². The molecule has 2 nitrogen and oxygen atoms in total. The second kappa shape index (κ2) is 6.31. The zero-order valence-electron chi connectivity index (χ0n) is 10.0. The van der Waals surface area contributed by atoms with Crippen molar-refractivity contribution in [3.63, 3.8) is 0 Å². The molecule has 0 aromatic heterocycles. The monoisotopic (exact) mass is 220 g/mol. The smallest absolute Gasteiger partial charge is 0.307 e. The Hall–Kier alpha value is -1.31. The van der Waals surface area contributed by atoms with E-state index in [-0.39, 0.29) is 11.8 Å². The summed E-state index contributed by atoms with van der Waals surface area (Å²) in [5, 5.41) is 9.23. The molecule has 1 aromatic carbocycles. The van der Waals surface area contributed by atoms with Crippen molar-refractivity contribution in [1.82, 2.24) is 0 Å². The van der Waals surface area contributed by atoms with Gasteiger partial charge in [-0.2, -0.15) is 0 Å². The van der Waals surface area contributed by atoms with Crippen molar-refractivity contribution in [3.8, 4) is 0 Å². The van der Waals surface area contributed by atoms with Gasteiger partial charge in [0.1, 0.15) is 0 Å². The van der Waals surface area contributed by atoms with Crippen LogP contribution in [-0.4, -0.2) is 11.1 Å². The van der Waals surface area contributed by atoms with E-state index in [4.69, 9.17) is 0 Å². The lowest BCUT2D eigenvalue weighted by Crippen LogP contribution is -2.21. The summed E-state index contributed by atoms with van der Waals surface area (Å²) in [6.45, 7) is 4.05. The summed E-state index contributed by atoms with van der Waals surface area (Å²) in [6.07, 6.45) is 2.65. The molecule has 0 aliphatic rings. The van der Waals surface area contributed by atoms with Crippen molar-refractivity contribution in [2.45, 2.75) is 39.0 Å². The van der Waals surface area contributed by atoms with Gasteiger partial charge in [0.15, 0.2) is 0 Å². The van der Waals surface area contributed by atoms with Crippen LogP contribution in [-0.2, 0) is 4.79 Å². The summed E-state index contributed by atoms with van der Waals surface area (Å²) < 4.78 is 0. The molecule has 2 atom stereocenters. The number of hydrogen-bond acceptors (Lipinski definition) is 1. The molecule has 1 rings (SSSR count). The summed E-state index contributed by atoms with van der Waals surface area (Å²) >= 11 is 0. The number of carbonyl (C=O) groups is 1. The van der Waals surface area contributed by atoms with Gasteiger partial charge in [-0.25, -0.2) is 0 Å². The highest BCUT2D eigenvalue weighted by atomic mass is 16.4. The van der Waals surface area contributed by atoms with E-state index in [2.05, 4.69) is 6.92 Å². The van der Waals surface area contributed by atoms with Gasteiger partial charge >= 0.3 is 5.97 Å². The van der Waals surface area contributed by atoms with E-state index < -0.39 is 5.97 Å². The van der Waals surface area contributed by atoms with Crippen LogP contribution < -0.4 is 0 Å². The summed E-state index contributed by atoms with van der Waals surface area (Å²) in [6, 6.07) is 9.99. The third kappa shape index (κ3) is 3.09. The van der Waals surface area contributed by atoms with Gasteiger partial charge in [0, 0.05) is 0 Å². The molecule has 2 unspecified atom stereocenters. The van der Waals surface area contributed by atoms with Gasteiger partial charge in [0.25, 0.3) is 0 Å². The van der Waals surface area contributed by atoms with Crippen LogP contribution in [0, 0.1) is 5.92 Å². The van der Waals surface area contributed by atoms with Crippen LogP contribution >= 0.6 is 0 Å². The lowest BCUT2D eigenvalue weighted by atomic mass is 9.81. The highest BCUT2D eigenvalue weighted by Gasteiger charge is 2.26. The molecule has 0 aliphatic carbocycles. The van der Waals surface area contributed by atoms with Crippen LogP contribution in [0.4, 0.5) is 0 Å². The second-order valence-electron chi connectivity index (χ2n) is 4.16. The maximum absolute atomic E-state index is 11.2. The van der Waals surface area contributed by atoms with Crippen LogP contribution in [0.3, 0.4) is 0 Å². The maximum atomic E-state index is 11.2. The first-order chi connectivity index (χ1) is 7.70. The molecule has 0 fully saturated rings. The summed E-state index contributed by atoms with van der Waals surface area (Å²) in [7, 11) is 0.